The Balaban J connectivity index is 1.41. The number of rotatable bonds is 17. The van der Waals surface area contributed by atoms with Crippen LogP contribution in [0.3, 0.4) is 0 Å². The van der Waals surface area contributed by atoms with Crippen LogP contribution in [0, 0.1) is 0 Å². The van der Waals surface area contributed by atoms with Gasteiger partial charge in [0.15, 0.2) is 8.32 Å². The van der Waals surface area contributed by atoms with Crippen molar-refractivity contribution >= 4 is 8.32 Å². The third-order valence-electron chi connectivity index (χ3n) is 7.33. The van der Waals surface area contributed by atoms with Crippen LogP contribution in [0.5, 0.6) is 0 Å². The monoisotopic (exact) mass is 550 g/mol. The van der Waals surface area contributed by atoms with Crippen LogP contribution < -0.4 is 0 Å². The molecule has 39 heavy (non-hydrogen) atoms. The molecule has 0 aliphatic carbocycles. The maximum absolute atomic E-state index is 6.72. The first-order chi connectivity index (χ1) is 18.8. The number of hydrogen-bond acceptors (Lipinski definition) is 5. The highest BCUT2D eigenvalue weighted by molar-refractivity contribution is 6.74. The Morgan fingerprint density at radius 1 is 0.487 bits per heavy atom. The summed E-state index contributed by atoms with van der Waals surface area (Å²) in [6.45, 7) is 15.5. The van der Waals surface area contributed by atoms with Gasteiger partial charge in [-0.2, -0.15) is 0 Å². The molecule has 0 saturated heterocycles. The highest BCUT2D eigenvalue weighted by atomic mass is 28.4. The molecule has 0 spiro atoms. The molecule has 212 valence electrons. The highest BCUT2D eigenvalue weighted by Crippen LogP contribution is 2.40. The lowest BCUT2D eigenvalue weighted by Crippen LogP contribution is -2.41. The van der Waals surface area contributed by atoms with Crippen LogP contribution in [0.15, 0.2) is 91.0 Å². The van der Waals surface area contributed by atoms with Crippen LogP contribution in [-0.2, 0) is 29.0 Å². The molecule has 6 heteroatoms. The molecule has 0 saturated carbocycles. The van der Waals surface area contributed by atoms with Crippen molar-refractivity contribution in [2.75, 3.05) is 52.9 Å². The van der Waals surface area contributed by atoms with E-state index in [1.165, 1.54) is 0 Å². The molecular formula is C33H46O5Si. The SMILES string of the molecule is CC(C)(C)[Si](C)(C)OCCOCCOCCOCCOC(c1ccccc1)(c1ccccc1)c1ccccc1. The summed E-state index contributed by atoms with van der Waals surface area (Å²) >= 11 is 0. The molecule has 0 unspecified atom stereocenters. The number of benzene rings is 3. The molecule has 0 aliphatic heterocycles. The molecule has 0 bridgehead atoms. The number of hydrogen-bond donors (Lipinski definition) is 0. The van der Waals surface area contributed by atoms with Crippen molar-refractivity contribution in [2.24, 2.45) is 0 Å². The number of ether oxygens (including phenoxy) is 4. The molecule has 3 rings (SSSR count). The van der Waals surface area contributed by atoms with Gasteiger partial charge >= 0.3 is 0 Å². The van der Waals surface area contributed by atoms with E-state index in [1.54, 1.807) is 0 Å². The van der Waals surface area contributed by atoms with E-state index in [2.05, 4.69) is 107 Å². The molecule has 0 N–H and O–H groups in total. The molecule has 5 nitrogen and oxygen atoms in total. The van der Waals surface area contributed by atoms with Crippen LogP contribution in [0.25, 0.3) is 0 Å². The molecule has 0 atom stereocenters. The molecule has 3 aromatic rings. The topological polar surface area (TPSA) is 46.2 Å². The van der Waals surface area contributed by atoms with Gasteiger partial charge in [-0.1, -0.05) is 112 Å². The fourth-order valence-corrected chi connectivity index (χ4v) is 5.16. The summed E-state index contributed by atoms with van der Waals surface area (Å²) in [4.78, 5) is 0. The molecule has 0 radical (unpaired) electrons. The van der Waals surface area contributed by atoms with Gasteiger partial charge in [0.2, 0.25) is 0 Å². The summed E-state index contributed by atoms with van der Waals surface area (Å²) in [6.07, 6.45) is 0. The van der Waals surface area contributed by atoms with Crippen molar-refractivity contribution in [1.82, 2.24) is 0 Å². The van der Waals surface area contributed by atoms with Crippen LogP contribution >= 0.6 is 0 Å². The Kier molecular flexibility index (Phi) is 12.4. The van der Waals surface area contributed by atoms with E-state index in [0.29, 0.717) is 52.9 Å². The van der Waals surface area contributed by atoms with E-state index in [1.807, 2.05) is 18.2 Å². The normalized spacial score (nSPS) is 12.5. The van der Waals surface area contributed by atoms with Gasteiger partial charge in [-0.15, -0.1) is 0 Å². The molecule has 0 amide bonds. The Morgan fingerprint density at radius 2 is 0.821 bits per heavy atom. The molecular weight excluding hydrogens is 504 g/mol. The average Bonchev–Trinajstić information content (AvgIpc) is 2.94. The summed E-state index contributed by atoms with van der Waals surface area (Å²) in [5.74, 6) is 0. The summed E-state index contributed by atoms with van der Waals surface area (Å²) in [5, 5.41) is 0.216. The van der Waals surface area contributed by atoms with Gasteiger partial charge < -0.3 is 23.4 Å². The third-order valence-corrected chi connectivity index (χ3v) is 11.9. The van der Waals surface area contributed by atoms with Crippen LogP contribution in [0.1, 0.15) is 37.5 Å². The van der Waals surface area contributed by atoms with E-state index < -0.39 is 13.9 Å². The Hall–Kier alpha value is -2.32. The molecule has 0 heterocycles. The second kappa shape index (κ2) is 15.5. The van der Waals surface area contributed by atoms with Crippen LogP contribution in [0.2, 0.25) is 18.1 Å². The minimum atomic E-state index is -1.71. The molecule has 0 aromatic heterocycles. The maximum Gasteiger partial charge on any atom is 0.192 e. The first-order valence-corrected chi connectivity index (χ1v) is 16.9. The van der Waals surface area contributed by atoms with Crippen molar-refractivity contribution in [3.05, 3.63) is 108 Å². The largest absolute Gasteiger partial charge is 0.414 e. The second-order valence-electron chi connectivity index (χ2n) is 11.1. The third kappa shape index (κ3) is 9.10. The van der Waals surface area contributed by atoms with Gasteiger partial charge in [-0.3, -0.25) is 0 Å². The zero-order valence-corrected chi connectivity index (χ0v) is 25.4. The molecule has 0 fully saturated rings. The second-order valence-corrected chi connectivity index (χ2v) is 15.9. The van der Waals surface area contributed by atoms with Crippen molar-refractivity contribution in [3.8, 4) is 0 Å². The lowest BCUT2D eigenvalue weighted by atomic mass is 9.80. The fraction of sp³-hybridized carbons (Fsp3) is 0.455. The quantitative estimate of drug-likeness (QED) is 0.102. The van der Waals surface area contributed by atoms with Gasteiger partial charge in [0.25, 0.3) is 0 Å². The lowest BCUT2D eigenvalue weighted by Gasteiger charge is -2.36. The predicted molar refractivity (Wildman–Crippen MR) is 161 cm³/mol. The highest BCUT2D eigenvalue weighted by Gasteiger charge is 2.38. The van der Waals surface area contributed by atoms with Gasteiger partial charge in [-0.25, -0.2) is 0 Å². The Labute approximate surface area is 236 Å². The minimum absolute atomic E-state index is 0.216. The molecule has 0 aliphatic rings. The average molecular weight is 551 g/mol. The Morgan fingerprint density at radius 3 is 1.18 bits per heavy atom. The van der Waals surface area contributed by atoms with E-state index in [-0.39, 0.29) is 5.04 Å². The lowest BCUT2D eigenvalue weighted by molar-refractivity contribution is -0.0374. The first kappa shape index (κ1) is 31.2. The summed E-state index contributed by atoms with van der Waals surface area (Å²) in [7, 11) is -1.71. The van der Waals surface area contributed by atoms with E-state index in [4.69, 9.17) is 23.4 Å². The smallest absolute Gasteiger partial charge is 0.192 e. The minimum Gasteiger partial charge on any atom is -0.414 e. The maximum atomic E-state index is 6.72. The van der Waals surface area contributed by atoms with Crippen molar-refractivity contribution in [2.45, 2.75) is 44.5 Å². The standard InChI is InChI=1S/C33H46O5Si/c1-32(2,3)39(4,5)38-28-26-36-24-22-34-21-23-35-25-27-37-33(29-15-9-6-10-16-29,30-17-11-7-12-18-30)31-19-13-8-14-20-31/h6-20H,21-28H2,1-5H3. The van der Waals surface area contributed by atoms with E-state index in [9.17, 15) is 0 Å². The first-order valence-electron chi connectivity index (χ1n) is 13.9. The zero-order valence-electron chi connectivity index (χ0n) is 24.4. The summed E-state index contributed by atoms with van der Waals surface area (Å²) < 4.78 is 30.0. The zero-order chi connectivity index (χ0) is 28.0. The van der Waals surface area contributed by atoms with Crippen molar-refractivity contribution < 1.29 is 23.4 Å². The molecule has 3 aromatic carbocycles. The predicted octanol–water partition coefficient (Wildman–Crippen LogP) is 7.07. The van der Waals surface area contributed by atoms with Gasteiger partial charge in [0, 0.05) is 0 Å². The van der Waals surface area contributed by atoms with Gasteiger partial charge in [0.1, 0.15) is 5.60 Å². The Bertz CT molecular complexity index is 955. The summed E-state index contributed by atoms with van der Waals surface area (Å²) in [5.41, 5.74) is 2.52. The van der Waals surface area contributed by atoms with Crippen LogP contribution in [-0.4, -0.2) is 61.2 Å². The van der Waals surface area contributed by atoms with Gasteiger partial charge in [0.05, 0.1) is 52.9 Å². The van der Waals surface area contributed by atoms with Gasteiger partial charge in [-0.05, 0) is 34.8 Å². The van der Waals surface area contributed by atoms with E-state index >= 15 is 0 Å². The van der Waals surface area contributed by atoms with E-state index in [0.717, 1.165) is 16.7 Å². The fourth-order valence-electron chi connectivity index (χ4n) is 4.14. The summed E-state index contributed by atoms with van der Waals surface area (Å²) in [6, 6.07) is 31.1. The van der Waals surface area contributed by atoms with Crippen LogP contribution in [0.4, 0.5) is 0 Å². The van der Waals surface area contributed by atoms with Crippen molar-refractivity contribution in [3.63, 3.8) is 0 Å². The van der Waals surface area contributed by atoms with Crippen molar-refractivity contribution in [1.29, 1.82) is 0 Å².